The highest BCUT2D eigenvalue weighted by molar-refractivity contribution is 5.99. The van der Waals surface area contributed by atoms with Crippen LogP contribution in [0.25, 0.3) is 11.1 Å². The Morgan fingerprint density at radius 2 is 2.14 bits per heavy atom. The number of nitrogens with one attached hydrogen (secondary N) is 1. The van der Waals surface area contributed by atoms with Crippen LogP contribution in [0.5, 0.6) is 0 Å². The lowest BCUT2D eigenvalue weighted by molar-refractivity contribution is -0.139. The Kier molecular flexibility index (Phi) is 3.16. The van der Waals surface area contributed by atoms with Gasteiger partial charge in [0.25, 0.3) is 0 Å². The van der Waals surface area contributed by atoms with E-state index in [9.17, 15) is 9.59 Å². The van der Waals surface area contributed by atoms with Crippen LogP contribution in [0.4, 0.5) is 5.69 Å². The van der Waals surface area contributed by atoms with Crippen LogP contribution in [-0.2, 0) is 9.59 Å². The van der Waals surface area contributed by atoms with Crippen molar-refractivity contribution >= 4 is 28.7 Å². The first kappa shape index (κ1) is 13.6. The predicted octanol–water partition coefficient (Wildman–Crippen LogP) is 2.61. The number of oxazole rings is 1. The van der Waals surface area contributed by atoms with Crippen molar-refractivity contribution in [3.05, 3.63) is 24.1 Å². The lowest BCUT2D eigenvalue weighted by Gasteiger charge is -2.03. The first-order valence-electron chi connectivity index (χ1n) is 6.90. The van der Waals surface area contributed by atoms with Gasteiger partial charge in [0, 0.05) is 11.6 Å². The molecule has 110 valence electrons. The first-order valence-corrected chi connectivity index (χ1v) is 6.90. The van der Waals surface area contributed by atoms with Gasteiger partial charge in [-0.1, -0.05) is 13.8 Å². The van der Waals surface area contributed by atoms with Gasteiger partial charge >= 0.3 is 5.97 Å². The third kappa shape index (κ3) is 2.61. The van der Waals surface area contributed by atoms with Gasteiger partial charge in [-0.25, -0.2) is 4.98 Å². The zero-order valence-electron chi connectivity index (χ0n) is 11.8. The minimum Gasteiger partial charge on any atom is -0.481 e. The predicted molar refractivity (Wildman–Crippen MR) is 76.0 cm³/mol. The number of fused-ring (bicyclic) bond motifs is 1. The van der Waals surface area contributed by atoms with Gasteiger partial charge in [0.05, 0.1) is 11.8 Å². The van der Waals surface area contributed by atoms with Crippen LogP contribution in [0.15, 0.2) is 22.6 Å². The Labute approximate surface area is 121 Å². The van der Waals surface area contributed by atoms with Crippen molar-refractivity contribution in [3.63, 3.8) is 0 Å². The van der Waals surface area contributed by atoms with Gasteiger partial charge in [-0.2, -0.15) is 0 Å². The van der Waals surface area contributed by atoms with Crippen molar-refractivity contribution in [1.29, 1.82) is 0 Å². The molecule has 1 aliphatic rings. The molecular formula is C15H16N2O4. The molecule has 2 N–H and O–H groups in total. The summed E-state index contributed by atoms with van der Waals surface area (Å²) in [6, 6.07) is 5.22. The number of benzene rings is 1. The number of carbonyl (C=O) groups is 2. The van der Waals surface area contributed by atoms with E-state index in [1.807, 2.05) is 13.8 Å². The van der Waals surface area contributed by atoms with Crippen LogP contribution >= 0.6 is 0 Å². The highest BCUT2D eigenvalue weighted by Gasteiger charge is 2.48. The molecule has 0 aliphatic heterocycles. The van der Waals surface area contributed by atoms with Gasteiger partial charge < -0.3 is 14.8 Å². The van der Waals surface area contributed by atoms with Gasteiger partial charge in [-0.3, -0.25) is 9.59 Å². The number of aliphatic carboxylic acids is 1. The number of nitrogens with zero attached hydrogens (tertiary/aromatic N) is 1. The maximum absolute atomic E-state index is 11.9. The quantitative estimate of drug-likeness (QED) is 0.902. The van der Waals surface area contributed by atoms with Crippen molar-refractivity contribution in [2.24, 2.45) is 11.8 Å². The second kappa shape index (κ2) is 4.87. The molecule has 1 heterocycles. The Balaban J connectivity index is 1.75. The average Bonchev–Trinajstić information content (AvgIpc) is 3.12. The van der Waals surface area contributed by atoms with Gasteiger partial charge in [-0.15, -0.1) is 0 Å². The van der Waals surface area contributed by atoms with Crippen LogP contribution in [0.1, 0.15) is 32.1 Å². The number of carbonyl (C=O) groups excluding carboxylic acids is 1. The fourth-order valence-electron chi connectivity index (χ4n) is 2.26. The number of aromatic nitrogens is 1. The summed E-state index contributed by atoms with van der Waals surface area (Å²) in [7, 11) is 0. The lowest BCUT2D eigenvalue weighted by Crippen LogP contribution is -2.16. The van der Waals surface area contributed by atoms with E-state index in [2.05, 4.69) is 10.3 Å². The van der Waals surface area contributed by atoms with Crippen molar-refractivity contribution in [1.82, 2.24) is 4.98 Å². The maximum atomic E-state index is 11.9. The number of amides is 1. The number of carboxylic acid groups (broad SMARTS) is 1. The zero-order chi connectivity index (χ0) is 15.1. The van der Waals surface area contributed by atoms with E-state index in [-0.39, 0.29) is 11.8 Å². The minimum absolute atomic E-state index is 0.193. The van der Waals surface area contributed by atoms with Gasteiger partial charge in [-0.05, 0) is 24.6 Å². The standard InChI is InChI=1S/C15H16N2O4/c1-7(2)14-17-11-5-8(3-4-12(11)21-14)16-13(18)9-6-10(9)15(19)20/h3-5,7,9-10H,6H2,1-2H3,(H,16,18)(H,19,20). The SMILES string of the molecule is CC(C)c1nc2cc(NC(=O)C3CC3C(=O)O)ccc2o1. The topological polar surface area (TPSA) is 92.4 Å². The molecule has 1 saturated carbocycles. The van der Waals surface area contributed by atoms with E-state index >= 15 is 0 Å². The highest BCUT2D eigenvalue weighted by atomic mass is 16.4. The molecule has 6 heteroatoms. The van der Waals surface area contributed by atoms with Gasteiger partial charge in [0.1, 0.15) is 5.52 Å². The summed E-state index contributed by atoms with van der Waals surface area (Å²) in [6.45, 7) is 3.99. The summed E-state index contributed by atoms with van der Waals surface area (Å²) in [5.74, 6) is -1.30. The number of anilines is 1. The summed E-state index contributed by atoms with van der Waals surface area (Å²) in [5.41, 5.74) is 1.96. The number of rotatable bonds is 4. The van der Waals surface area contributed by atoms with E-state index in [0.29, 0.717) is 29.1 Å². The molecule has 3 rings (SSSR count). The third-order valence-corrected chi connectivity index (χ3v) is 3.61. The second-order valence-corrected chi connectivity index (χ2v) is 5.67. The second-order valence-electron chi connectivity index (χ2n) is 5.67. The molecule has 2 atom stereocenters. The average molecular weight is 288 g/mol. The monoisotopic (exact) mass is 288 g/mol. The largest absolute Gasteiger partial charge is 0.481 e. The summed E-state index contributed by atoms with van der Waals surface area (Å²) in [5, 5.41) is 11.6. The molecular weight excluding hydrogens is 272 g/mol. The molecule has 1 amide bonds. The van der Waals surface area contributed by atoms with Gasteiger partial charge in [0.15, 0.2) is 11.5 Å². The minimum atomic E-state index is -0.913. The summed E-state index contributed by atoms with van der Waals surface area (Å²) in [4.78, 5) is 27.1. The number of hydrogen-bond donors (Lipinski definition) is 2. The van der Waals surface area contributed by atoms with E-state index in [1.54, 1.807) is 18.2 Å². The van der Waals surface area contributed by atoms with Crippen molar-refractivity contribution < 1.29 is 19.1 Å². The van der Waals surface area contributed by atoms with Crippen molar-refractivity contribution in [3.8, 4) is 0 Å². The summed E-state index contributed by atoms with van der Waals surface area (Å²) >= 11 is 0. The first-order chi connectivity index (χ1) is 9.95. The highest BCUT2D eigenvalue weighted by Crippen LogP contribution is 2.39. The van der Waals surface area contributed by atoms with Crippen molar-refractivity contribution in [2.45, 2.75) is 26.2 Å². The molecule has 1 aromatic carbocycles. The van der Waals surface area contributed by atoms with Crippen LogP contribution in [0.2, 0.25) is 0 Å². The summed E-state index contributed by atoms with van der Waals surface area (Å²) in [6.07, 6.45) is 0.408. The van der Waals surface area contributed by atoms with E-state index in [1.165, 1.54) is 0 Å². The fourth-order valence-corrected chi connectivity index (χ4v) is 2.26. The Morgan fingerprint density at radius 1 is 1.38 bits per heavy atom. The van der Waals surface area contributed by atoms with E-state index in [4.69, 9.17) is 9.52 Å². The number of carboxylic acids is 1. The molecule has 0 saturated heterocycles. The lowest BCUT2D eigenvalue weighted by atomic mass is 10.2. The Bertz CT molecular complexity index is 720. The van der Waals surface area contributed by atoms with E-state index in [0.717, 1.165) is 0 Å². The zero-order valence-corrected chi connectivity index (χ0v) is 11.8. The third-order valence-electron chi connectivity index (χ3n) is 3.61. The Hall–Kier alpha value is -2.37. The number of hydrogen-bond acceptors (Lipinski definition) is 4. The molecule has 21 heavy (non-hydrogen) atoms. The normalized spacial score (nSPS) is 20.7. The molecule has 2 unspecified atom stereocenters. The van der Waals surface area contributed by atoms with Crippen LogP contribution in [0, 0.1) is 11.8 Å². The van der Waals surface area contributed by atoms with Crippen LogP contribution in [0.3, 0.4) is 0 Å². The molecule has 0 bridgehead atoms. The molecule has 0 spiro atoms. The molecule has 1 aromatic heterocycles. The molecule has 1 fully saturated rings. The van der Waals surface area contributed by atoms with Crippen LogP contribution < -0.4 is 5.32 Å². The molecule has 2 aromatic rings. The van der Waals surface area contributed by atoms with E-state index < -0.39 is 17.8 Å². The van der Waals surface area contributed by atoms with Crippen LogP contribution in [-0.4, -0.2) is 22.0 Å². The van der Waals surface area contributed by atoms with Gasteiger partial charge in [0.2, 0.25) is 5.91 Å². The summed E-state index contributed by atoms with van der Waals surface area (Å²) < 4.78 is 5.60. The maximum Gasteiger partial charge on any atom is 0.307 e. The fraction of sp³-hybridized carbons (Fsp3) is 0.400. The molecule has 0 radical (unpaired) electrons. The molecule has 1 aliphatic carbocycles. The van der Waals surface area contributed by atoms with Crippen molar-refractivity contribution in [2.75, 3.05) is 5.32 Å². The smallest absolute Gasteiger partial charge is 0.307 e. The molecule has 6 nitrogen and oxygen atoms in total. The Morgan fingerprint density at radius 3 is 2.76 bits per heavy atom.